The van der Waals surface area contributed by atoms with Gasteiger partial charge < -0.3 is 9.32 Å². The van der Waals surface area contributed by atoms with Gasteiger partial charge in [-0.3, -0.25) is 14.7 Å². The average molecular weight is 376 g/mol. The molecule has 6 heteroatoms. The molecule has 1 aromatic carbocycles. The van der Waals surface area contributed by atoms with Crippen LogP contribution in [0.4, 0.5) is 0 Å². The van der Waals surface area contributed by atoms with Crippen molar-refractivity contribution < 1.29 is 9.21 Å². The molecular weight excluding hydrogens is 352 g/mol. The van der Waals surface area contributed by atoms with Crippen LogP contribution in [-0.4, -0.2) is 51.9 Å². The summed E-state index contributed by atoms with van der Waals surface area (Å²) in [5.41, 5.74) is 4.57. The highest BCUT2D eigenvalue weighted by Crippen LogP contribution is 2.40. The van der Waals surface area contributed by atoms with Crippen LogP contribution < -0.4 is 0 Å². The summed E-state index contributed by atoms with van der Waals surface area (Å²) in [4.78, 5) is 26.3. The van der Waals surface area contributed by atoms with E-state index in [2.05, 4.69) is 27.9 Å². The molecule has 1 saturated carbocycles. The first-order chi connectivity index (χ1) is 13.7. The van der Waals surface area contributed by atoms with E-state index in [-0.39, 0.29) is 5.91 Å². The summed E-state index contributed by atoms with van der Waals surface area (Å²) >= 11 is 0. The van der Waals surface area contributed by atoms with Crippen molar-refractivity contribution >= 4 is 17.0 Å². The lowest BCUT2D eigenvalue weighted by atomic mass is 10.1. The minimum absolute atomic E-state index is 0.0694. The third-order valence-corrected chi connectivity index (χ3v) is 5.73. The van der Waals surface area contributed by atoms with Crippen LogP contribution >= 0.6 is 0 Å². The van der Waals surface area contributed by atoms with Crippen LogP contribution in [0.5, 0.6) is 0 Å². The second kappa shape index (κ2) is 7.02. The van der Waals surface area contributed by atoms with E-state index >= 15 is 0 Å². The van der Waals surface area contributed by atoms with E-state index in [4.69, 9.17) is 4.42 Å². The quantitative estimate of drug-likeness (QED) is 0.699. The Kier molecular flexibility index (Phi) is 4.36. The van der Waals surface area contributed by atoms with Gasteiger partial charge >= 0.3 is 0 Å². The maximum absolute atomic E-state index is 12.9. The molecule has 1 amide bonds. The second-order valence-electron chi connectivity index (χ2n) is 7.84. The van der Waals surface area contributed by atoms with Crippen LogP contribution in [-0.2, 0) is 6.54 Å². The van der Waals surface area contributed by atoms with E-state index in [0.29, 0.717) is 11.5 Å². The van der Waals surface area contributed by atoms with Crippen molar-refractivity contribution in [2.45, 2.75) is 32.2 Å². The van der Waals surface area contributed by atoms with E-state index in [1.807, 2.05) is 35.4 Å². The highest BCUT2D eigenvalue weighted by molar-refractivity contribution is 5.97. The number of benzene rings is 1. The number of carbonyl (C=O) groups is 1. The lowest BCUT2D eigenvalue weighted by Crippen LogP contribution is -2.48. The van der Waals surface area contributed by atoms with Gasteiger partial charge in [0.25, 0.3) is 5.91 Å². The van der Waals surface area contributed by atoms with E-state index < -0.39 is 0 Å². The zero-order valence-corrected chi connectivity index (χ0v) is 16.1. The van der Waals surface area contributed by atoms with Crippen molar-refractivity contribution in [1.29, 1.82) is 0 Å². The van der Waals surface area contributed by atoms with Crippen molar-refractivity contribution in [1.82, 2.24) is 19.8 Å². The maximum atomic E-state index is 12.9. The molecule has 1 aliphatic carbocycles. The molecule has 5 rings (SSSR count). The third-order valence-electron chi connectivity index (χ3n) is 5.73. The molecule has 0 atom stereocenters. The number of fused-ring (bicyclic) bond motifs is 1. The molecule has 2 aromatic heterocycles. The first-order valence-corrected chi connectivity index (χ1v) is 10.00. The van der Waals surface area contributed by atoms with E-state index in [0.717, 1.165) is 68.2 Å². The van der Waals surface area contributed by atoms with E-state index in [1.165, 1.54) is 5.56 Å². The molecule has 3 aromatic rings. The Hall–Kier alpha value is -2.73. The SMILES string of the molecule is Cc1cccnc1CN1CCN(C(=O)c2ccc3nc(C4CC4)oc3c2)CC1. The molecule has 0 radical (unpaired) electrons. The Bertz CT molecular complexity index is 1020. The Morgan fingerprint density at radius 1 is 1.18 bits per heavy atom. The number of carbonyl (C=O) groups excluding carboxylic acids is 1. The number of oxazole rings is 1. The number of nitrogens with zero attached hydrogens (tertiary/aromatic N) is 4. The Balaban J connectivity index is 1.24. The first-order valence-electron chi connectivity index (χ1n) is 10.00. The predicted octanol–water partition coefficient (Wildman–Crippen LogP) is 3.37. The minimum Gasteiger partial charge on any atom is -0.440 e. The van der Waals surface area contributed by atoms with Crippen LogP contribution in [0.25, 0.3) is 11.1 Å². The number of pyridine rings is 1. The fourth-order valence-electron chi connectivity index (χ4n) is 3.77. The first kappa shape index (κ1) is 17.4. The van der Waals surface area contributed by atoms with Crippen molar-refractivity contribution in [3.8, 4) is 0 Å². The monoisotopic (exact) mass is 376 g/mol. The summed E-state index contributed by atoms with van der Waals surface area (Å²) < 4.78 is 5.87. The molecular formula is C22H24N4O2. The topological polar surface area (TPSA) is 62.5 Å². The molecule has 1 aliphatic heterocycles. The summed E-state index contributed by atoms with van der Waals surface area (Å²) in [6.45, 7) is 6.11. The number of aromatic nitrogens is 2. The molecule has 144 valence electrons. The molecule has 1 saturated heterocycles. The largest absolute Gasteiger partial charge is 0.440 e. The fourth-order valence-corrected chi connectivity index (χ4v) is 3.77. The van der Waals surface area contributed by atoms with Gasteiger partial charge in [-0.05, 0) is 49.6 Å². The van der Waals surface area contributed by atoms with Gasteiger partial charge in [0.2, 0.25) is 0 Å². The van der Waals surface area contributed by atoms with Gasteiger partial charge in [0, 0.05) is 50.4 Å². The predicted molar refractivity (Wildman–Crippen MR) is 106 cm³/mol. The second-order valence-corrected chi connectivity index (χ2v) is 7.84. The van der Waals surface area contributed by atoms with Crippen molar-refractivity contribution in [3.05, 3.63) is 59.2 Å². The fraction of sp³-hybridized carbons (Fsp3) is 0.409. The number of hydrogen-bond donors (Lipinski definition) is 0. The third kappa shape index (κ3) is 3.40. The van der Waals surface area contributed by atoms with Crippen LogP contribution in [0.15, 0.2) is 40.9 Å². The zero-order chi connectivity index (χ0) is 19.1. The molecule has 0 spiro atoms. The molecule has 28 heavy (non-hydrogen) atoms. The molecule has 6 nitrogen and oxygen atoms in total. The number of aryl methyl sites for hydroxylation is 1. The van der Waals surface area contributed by atoms with Crippen LogP contribution in [0.1, 0.15) is 46.3 Å². The van der Waals surface area contributed by atoms with Gasteiger partial charge in [-0.1, -0.05) is 6.07 Å². The number of piperazine rings is 1. The Morgan fingerprint density at radius 3 is 2.75 bits per heavy atom. The number of amides is 1. The zero-order valence-electron chi connectivity index (χ0n) is 16.1. The van der Waals surface area contributed by atoms with Gasteiger partial charge in [0.15, 0.2) is 11.5 Å². The van der Waals surface area contributed by atoms with Gasteiger partial charge in [0.05, 0.1) is 5.69 Å². The van der Waals surface area contributed by atoms with Gasteiger partial charge in [-0.15, -0.1) is 0 Å². The lowest BCUT2D eigenvalue weighted by Gasteiger charge is -2.34. The maximum Gasteiger partial charge on any atom is 0.254 e. The normalized spacial score (nSPS) is 18.0. The Morgan fingerprint density at radius 2 is 2.00 bits per heavy atom. The molecule has 0 N–H and O–H groups in total. The Labute approximate surface area is 164 Å². The summed E-state index contributed by atoms with van der Waals surface area (Å²) in [5, 5.41) is 0. The minimum atomic E-state index is 0.0694. The average Bonchev–Trinajstić information content (AvgIpc) is 3.48. The van der Waals surface area contributed by atoms with Gasteiger partial charge in [-0.2, -0.15) is 0 Å². The smallest absolute Gasteiger partial charge is 0.254 e. The number of hydrogen-bond acceptors (Lipinski definition) is 5. The van der Waals surface area contributed by atoms with Crippen LogP contribution in [0, 0.1) is 6.92 Å². The van der Waals surface area contributed by atoms with E-state index in [1.54, 1.807) is 0 Å². The van der Waals surface area contributed by atoms with Crippen LogP contribution in [0.2, 0.25) is 0 Å². The van der Waals surface area contributed by atoms with Crippen molar-refractivity contribution in [3.63, 3.8) is 0 Å². The summed E-state index contributed by atoms with van der Waals surface area (Å²) in [6.07, 6.45) is 4.15. The highest BCUT2D eigenvalue weighted by Gasteiger charge is 2.29. The molecule has 0 bridgehead atoms. The lowest BCUT2D eigenvalue weighted by molar-refractivity contribution is 0.0627. The summed E-state index contributed by atoms with van der Waals surface area (Å²) in [6, 6.07) is 9.68. The molecule has 0 unspecified atom stereocenters. The van der Waals surface area contributed by atoms with E-state index in [9.17, 15) is 4.79 Å². The van der Waals surface area contributed by atoms with Crippen molar-refractivity contribution in [2.75, 3.05) is 26.2 Å². The summed E-state index contributed by atoms with van der Waals surface area (Å²) in [7, 11) is 0. The summed E-state index contributed by atoms with van der Waals surface area (Å²) in [5.74, 6) is 1.36. The number of rotatable bonds is 4. The van der Waals surface area contributed by atoms with Gasteiger partial charge in [0.1, 0.15) is 5.52 Å². The molecule has 3 heterocycles. The molecule has 2 aliphatic rings. The molecule has 2 fully saturated rings. The van der Waals surface area contributed by atoms with Crippen LogP contribution in [0.3, 0.4) is 0 Å². The van der Waals surface area contributed by atoms with Gasteiger partial charge in [-0.25, -0.2) is 4.98 Å². The standard InChI is InChI=1S/C22H24N4O2/c1-15-3-2-8-23-19(15)14-25-9-11-26(12-10-25)22(27)17-6-7-18-20(13-17)28-21(24-18)16-4-5-16/h2-3,6-8,13,16H,4-5,9-12,14H2,1H3. The van der Waals surface area contributed by atoms with Crippen molar-refractivity contribution in [2.24, 2.45) is 0 Å². The highest BCUT2D eigenvalue weighted by atomic mass is 16.3.